The molecule has 2 N–H and O–H groups in total. The van der Waals surface area contributed by atoms with Gasteiger partial charge in [-0.1, -0.05) is 12.1 Å². The van der Waals surface area contributed by atoms with Gasteiger partial charge in [-0.15, -0.1) is 0 Å². The SMILES string of the molecule is CCOC(=O)C1=C(C)NC(=S)N[C@@H]1c1ccc(-c2cccc(C(F)(F)F)c2)o1. The van der Waals surface area contributed by atoms with Crippen molar-refractivity contribution in [3.8, 4) is 11.3 Å². The van der Waals surface area contributed by atoms with Crippen LogP contribution in [0.15, 0.2) is 52.1 Å². The number of esters is 1. The Labute approximate surface area is 164 Å². The van der Waals surface area contributed by atoms with Crippen molar-refractivity contribution in [2.24, 2.45) is 0 Å². The van der Waals surface area contributed by atoms with Crippen LogP contribution in [0.2, 0.25) is 0 Å². The van der Waals surface area contributed by atoms with Gasteiger partial charge in [0.25, 0.3) is 0 Å². The van der Waals surface area contributed by atoms with Crippen LogP contribution in [-0.4, -0.2) is 17.7 Å². The molecule has 0 spiro atoms. The largest absolute Gasteiger partial charge is 0.463 e. The van der Waals surface area contributed by atoms with E-state index in [1.165, 1.54) is 12.1 Å². The Morgan fingerprint density at radius 3 is 2.71 bits per heavy atom. The number of carbonyl (C=O) groups excluding carboxylic acids is 1. The number of ether oxygens (including phenoxy) is 1. The third-order valence-electron chi connectivity index (χ3n) is 4.15. The molecule has 3 rings (SSSR count). The first kappa shape index (κ1) is 19.9. The molecular weight excluding hydrogens is 393 g/mol. The van der Waals surface area contributed by atoms with E-state index < -0.39 is 23.8 Å². The number of allylic oxidation sites excluding steroid dienone is 1. The van der Waals surface area contributed by atoms with Crippen molar-refractivity contribution in [1.82, 2.24) is 10.6 Å². The predicted molar refractivity (Wildman–Crippen MR) is 100 cm³/mol. The highest BCUT2D eigenvalue weighted by Gasteiger charge is 2.33. The van der Waals surface area contributed by atoms with Crippen LogP contribution in [0.3, 0.4) is 0 Å². The normalized spacial score (nSPS) is 17.2. The zero-order valence-corrected chi connectivity index (χ0v) is 15.8. The maximum atomic E-state index is 13.0. The molecule has 1 aromatic heterocycles. The molecule has 0 bridgehead atoms. The number of hydrogen-bond acceptors (Lipinski definition) is 4. The van der Waals surface area contributed by atoms with Crippen LogP contribution in [0.5, 0.6) is 0 Å². The fourth-order valence-electron chi connectivity index (χ4n) is 2.90. The standard InChI is InChI=1S/C19H17F3N2O3S/c1-3-26-17(25)15-10(2)23-18(28)24-16(15)14-8-7-13(27-14)11-5-4-6-12(9-11)19(20,21)22/h4-9,16H,3H2,1-2H3,(H2,23,24,28)/t16-/m1/s1. The molecule has 0 aliphatic carbocycles. The van der Waals surface area contributed by atoms with Gasteiger partial charge in [0.05, 0.1) is 17.7 Å². The van der Waals surface area contributed by atoms with Crippen molar-refractivity contribution in [2.75, 3.05) is 6.61 Å². The molecule has 1 aliphatic heterocycles. The molecule has 2 aromatic rings. The highest BCUT2D eigenvalue weighted by Crippen LogP contribution is 2.35. The second-order valence-corrected chi connectivity index (χ2v) is 6.48. The molecule has 1 aromatic carbocycles. The van der Waals surface area contributed by atoms with E-state index in [1.54, 1.807) is 26.0 Å². The summed E-state index contributed by atoms with van der Waals surface area (Å²) in [5.74, 6) is 0.0383. The monoisotopic (exact) mass is 410 g/mol. The fourth-order valence-corrected chi connectivity index (χ4v) is 3.17. The molecular formula is C19H17F3N2O3S. The topological polar surface area (TPSA) is 63.5 Å². The van der Waals surface area contributed by atoms with Gasteiger partial charge in [0, 0.05) is 11.3 Å². The average Bonchev–Trinajstić information content (AvgIpc) is 3.10. The molecule has 1 aliphatic rings. The van der Waals surface area contributed by atoms with Crippen molar-refractivity contribution in [3.05, 3.63) is 59.0 Å². The van der Waals surface area contributed by atoms with Gasteiger partial charge in [-0.05, 0) is 50.3 Å². The summed E-state index contributed by atoms with van der Waals surface area (Å²) < 4.78 is 49.7. The number of halogens is 3. The number of nitrogens with one attached hydrogen (secondary N) is 2. The highest BCUT2D eigenvalue weighted by molar-refractivity contribution is 7.80. The minimum Gasteiger partial charge on any atom is -0.463 e. The van der Waals surface area contributed by atoms with E-state index in [4.69, 9.17) is 21.4 Å². The Morgan fingerprint density at radius 2 is 2.04 bits per heavy atom. The van der Waals surface area contributed by atoms with Crippen LogP contribution in [0.25, 0.3) is 11.3 Å². The Balaban J connectivity index is 1.97. The number of furan rings is 1. The van der Waals surface area contributed by atoms with Crippen LogP contribution >= 0.6 is 12.2 Å². The maximum Gasteiger partial charge on any atom is 0.416 e. The molecule has 5 nitrogen and oxygen atoms in total. The van der Waals surface area contributed by atoms with Crippen LogP contribution in [0.1, 0.15) is 31.2 Å². The second kappa shape index (κ2) is 7.67. The van der Waals surface area contributed by atoms with E-state index in [0.717, 1.165) is 12.1 Å². The van der Waals surface area contributed by atoms with Crippen LogP contribution in [-0.2, 0) is 15.7 Å². The maximum absolute atomic E-state index is 13.0. The van der Waals surface area contributed by atoms with Gasteiger partial charge in [0.15, 0.2) is 5.11 Å². The number of carbonyl (C=O) groups is 1. The van der Waals surface area contributed by atoms with E-state index in [0.29, 0.717) is 22.1 Å². The molecule has 0 amide bonds. The zero-order valence-electron chi connectivity index (χ0n) is 15.0. The first-order chi connectivity index (χ1) is 13.2. The second-order valence-electron chi connectivity index (χ2n) is 6.07. The third kappa shape index (κ3) is 4.04. The minimum atomic E-state index is -4.45. The molecule has 1 atom stereocenters. The van der Waals surface area contributed by atoms with Crippen LogP contribution in [0.4, 0.5) is 13.2 Å². The quantitative estimate of drug-likeness (QED) is 0.578. The van der Waals surface area contributed by atoms with E-state index in [2.05, 4.69) is 10.6 Å². The Kier molecular flexibility index (Phi) is 5.46. The third-order valence-corrected chi connectivity index (χ3v) is 4.37. The van der Waals surface area contributed by atoms with Gasteiger partial charge in [0.1, 0.15) is 17.6 Å². The number of thiocarbonyl (C=S) groups is 1. The lowest BCUT2D eigenvalue weighted by molar-refractivity contribution is -0.139. The van der Waals surface area contributed by atoms with Gasteiger partial charge < -0.3 is 19.8 Å². The van der Waals surface area contributed by atoms with E-state index in [-0.39, 0.29) is 17.9 Å². The Morgan fingerprint density at radius 1 is 1.29 bits per heavy atom. The summed E-state index contributed by atoms with van der Waals surface area (Å²) in [6.45, 7) is 3.57. The van der Waals surface area contributed by atoms with Gasteiger partial charge in [0.2, 0.25) is 0 Å². The summed E-state index contributed by atoms with van der Waals surface area (Å²) >= 11 is 5.15. The van der Waals surface area contributed by atoms with Crippen LogP contribution in [0, 0.1) is 0 Å². The van der Waals surface area contributed by atoms with E-state index in [9.17, 15) is 18.0 Å². The Bertz CT molecular complexity index is 950. The molecule has 148 valence electrons. The smallest absolute Gasteiger partial charge is 0.416 e. The van der Waals surface area contributed by atoms with Crippen molar-refractivity contribution < 1.29 is 27.1 Å². The summed E-state index contributed by atoms with van der Waals surface area (Å²) in [6.07, 6.45) is -4.45. The van der Waals surface area contributed by atoms with Gasteiger partial charge in [-0.25, -0.2) is 4.79 Å². The van der Waals surface area contributed by atoms with Crippen LogP contribution < -0.4 is 10.6 Å². The first-order valence-electron chi connectivity index (χ1n) is 8.43. The summed E-state index contributed by atoms with van der Waals surface area (Å²) in [7, 11) is 0. The molecule has 2 heterocycles. The molecule has 0 saturated carbocycles. The fraction of sp³-hybridized carbons (Fsp3) is 0.263. The van der Waals surface area contributed by atoms with E-state index in [1.807, 2.05) is 0 Å². The van der Waals surface area contributed by atoms with Gasteiger partial charge in [-0.3, -0.25) is 0 Å². The van der Waals surface area contributed by atoms with Gasteiger partial charge >= 0.3 is 12.1 Å². The number of rotatable bonds is 4. The predicted octanol–water partition coefficient (Wildman–Crippen LogP) is 4.32. The lowest BCUT2D eigenvalue weighted by Crippen LogP contribution is -2.45. The molecule has 0 fully saturated rings. The molecule has 9 heteroatoms. The summed E-state index contributed by atoms with van der Waals surface area (Å²) in [4.78, 5) is 12.4. The van der Waals surface area contributed by atoms with Gasteiger partial charge in [-0.2, -0.15) is 13.2 Å². The Hall–Kier alpha value is -2.81. The molecule has 0 radical (unpaired) electrons. The lowest BCUT2D eigenvalue weighted by atomic mass is 10.0. The molecule has 0 unspecified atom stereocenters. The number of alkyl halides is 3. The molecule has 0 saturated heterocycles. The van der Waals surface area contributed by atoms with Crippen molar-refractivity contribution >= 4 is 23.3 Å². The zero-order chi connectivity index (χ0) is 20.5. The average molecular weight is 410 g/mol. The summed E-state index contributed by atoms with van der Waals surface area (Å²) in [5.41, 5.74) is 0.313. The van der Waals surface area contributed by atoms with Crippen molar-refractivity contribution in [2.45, 2.75) is 26.1 Å². The lowest BCUT2D eigenvalue weighted by Gasteiger charge is -2.28. The molecule has 28 heavy (non-hydrogen) atoms. The van der Waals surface area contributed by atoms with Crippen molar-refractivity contribution in [1.29, 1.82) is 0 Å². The first-order valence-corrected chi connectivity index (χ1v) is 8.84. The highest BCUT2D eigenvalue weighted by atomic mass is 32.1. The minimum absolute atomic E-state index is 0.195. The summed E-state index contributed by atoms with van der Waals surface area (Å²) in [6, 6.07) is 7.26. The summed E-state index contributed by atoms with van der Waals surface area (Å²) in [5, 5.41) is 6.10. The van der Waals surface area contributed by atoms with E-state index >= 15 is 0 Å². The number of benzene rings is 1. The number of hydrogen-bond donors (Lipinski definition) is 2. The van der Waals surface area contributed by atoms with Crippen molar-refractivity contribution in [3.63, 3.8) is 0 Å².